The maximum Gasteiger partial charge on any atom is 1.00 e. The molecule has 13 heavy (non-hydrogen) atoms. The van der Waals surface area contributed by atoms with E-state index in [0.717, 1.165) is 10.7 Å². The largest absolute Gasteiger partial charge is 1.00 e. The van der Waals surface area contributed by atoms with Crippen LogP contribution in [0.25, 0.3) is 0 Å². The van der Waals surface area contributed by atoms with E-state index in [4.69, 9.17) is 5.21 Å². The van der Waals surface area contributed by atoms with Gasteiger partial charge in [0.15, 0.2) is 0 Å². The van der Waals surface area contributed by atoms with E-state index < -0.39 is 0 Å². The van der Waals surface area contributed by atoms with Crippen LogP contribution in [0.2, 0.25) is 0 Å². The maximum atomic E-state index is 11.2. The van der Waals surface area contributed by atoms with E-state index in [1.54, 1.807) is 12.1 Å². The van der Waals surface area contributed by atoms with Gasteiger partial charge >= 0.3 is 51.4 Å². The third-order valence-corrected chi connectivity index (χ3v) is 2.28. The molecule has 1 aromatic rings. The first kappa shape index (κ1) is 14.1. The zero-order valence-electron chi connectivity index (χ0n) is 6.79. The average molecular weight is 333 g/mol. The molecule has 0 radical (unpaired) electrons. The van der Waals surface area contributed by atoms with E-state index in [9.17, 15) is 5.11 Å². The molecule has 0 aliphatic carbocycles. The van der Waals surface area contributed by atoms with Gasteiger partial charge in [0.25, 0.3) is 0 Å². The molecule has 0 aliphatic heterocycles. The third kappa shape index (κ3) is 3.99. The van der Waals surface area contributed by atoms with Crippen LogP contribution in [-0.4, -0.2) is 11.4 Å². The van der Waals surface area contributed by atoms with Crippen molar-refractivity contribution in [1.29, 1.82) is 0 Å². The van der Waals surface area contributed by atoms with Gasteiger partial charge < -0.3 is 10.3 Å². The Hall–Kier alpha value is 1.09. The summed E-state index contributed by atoms with van der Waals surface area (Å²) in [4.78, 5) is 0. The minimum atomic E-state index is -0.198. The van der Waals surface area contributed by atoms with E-state index in [1.165, 1.54) is 0 Å². The maximum absolute atomic E-state index is 11.2. The molecule has 0 unspecified atom stereocenters. The first-order valence-corrected chi connectivity index (χ1v) is 4.57. The molecule has 0 amide bonds. The predicted octanol–water partition coefficient (Wildman–Crippen LogP) is -0.903. The van der Waals surface area contributed by atoms with Gasteiger partial charge in [0.1, 0.15) is 0 Å². The first-order chi connectivity index (χ1) is 5.65. The summed E-state index contributed by atoms with van der Waals surface area (Å²) in [7, 11) is 0. The van der Waals surface area contributed by atoms with Crippen LogP contribution in [0.15, 0.2) is 26.2 Å². The SMILES string of the molecule is [K+].[O-]c1c(Br)cc(Br)cc1/C=N/O. The molecule has 1 aromatic carbocycles. The molecule has 1 rings (SSSR count). The average Bonchev–Trinajstić information content (AvgIpc) is 2.00. The molecule has 3 nitrogen and oxygen atoms in total. The van der Waals surface area contributed by atoms with Crippen molar-refractivity contribution in [1.82, 2.24) is 0 Å². The number of benzene rings is 1. The standard InChI is InChI=1S/C7H5Br2NO2.K/c8-5-1-4(3-10-12)7(11)6(9)2-5;/h1-3,11-12H;/q;+1/p-1/b10-3+;. The Kier molecular flexibility index (Phi) is 7.10. The Balaban J connectivity index is 0.00000144. The molecule has 6 heteroatoms. The van der Waals surface area contributed by atoms with Crippen molar-refractivity contribution in [3.63, 3.8) is 0 Å². The van der Waals surface area contributed by atoms with Gasteiger partial charge in [-0.2, -0.15) is 0 Å². The topological polar surface area (TPSA) is 55.7 Å². The summed E-state index contributed by atoms with van der Waals surface area (Å²) in [5.74, 6) is -0.198. The summed E-state index contributed by atoms with van der Waals surface area (Å²) in [6.45, 7) is 0. The zero-order chi connectivity index (χ0) is 9.14. The molecule has 0 bridgehead atoms. The zero-order valence-corrected chi connectivity index (χ0v) is 13.1. The summed E-state index contributed by atoms with van der Waals surface area (Å²) >= 11 is 6.29. The van der Waals surface area contributed by atoms with Gasteiger partial charge in [0.05, 0.1) is 6.21 Å². The normalized spacial score (nSPS) is 10.0. The Labute approximate surface area is 135 Å². The second kappa shape index (κ2) is 6.55. The van der Waals surface area contributed by atoms with Crippen LogP contribution in [0.3, 0.4) is 0 Å². The van der Waals surface area contributed by atoms with Gasteiger partial charge in [-0.3, -0.25) is 0 Å². The van der Waals surface area contributed by atoms with Crippen LogP contribution in [0.5, 0.6) is 5.75 Å². The molecule has 64 valence electrons. The fourth-order valence-electron chi connectivity index (χ4n) is 0.738. The monoisotopic (exact) mass is 331 g/mol. The Morgan fingerprint density at radius 1 is 1.38 bits per heavy atom. The number of hydrogen-bond donors (Lipinski definition) is 1. The van der Waals surface area contributed by atoms with Crippen LogP contribution in [0.4, 0.5) is 0 Å². The van der Waals surface area contributed by atoms with E-state index in [0.29, 0.717) is 10.0 Å². The molecule has 0 aromatic heterocycles. The predicted molar refractivity (Wildman–Crippen MR) is 50.7 cm³/mol. The van der Waals surface area contributed by atoms with E-state index >= 15 is 0 Å². The molecule has 0 fully saturated rings. The molecular formula is C7H4Br2KNO2. The van der Waals surface area contributed by atoms with Crippen molar-refractivity contribution >= 4 is 38.1 Å². The number of hydrogen-bond acceptors (Lipinski definition) is 3. The Morgan fingerprint density at radius 3 is 2.54 bits per heavy atom. The van der Waals surface area contributed by atoms with Crippen molar-refractivity contribution < 1.29 is 61.7 Å². The molecule has 0 spiro atoms. The molecule has 1 N–H and O–H groups in total. The third-order valence-electron chi connectivity index (χ3n) is 1.23. The van der Waals surface area contributed by atoms with Crippen LogP contribution in [0.1, 0.15) is 5.56 Å². The smallest absolute Gasteiger partial charge is 0.871 e. The van der Waals surface area contributed by atoms with Crippen molar-refractivity contribution in [2.75, 3.05) is 0 Å². The molecule has 0 atom stereocenters. The molecule has 0 saturated heterocycles. The molecule has 0 aliphatic rings. The van der Waals surface area contributed by atoms with Crippen molar-refractivity contribution in [3.8, 4) is 5.75 Å². The Morgan fingerprint density at radius 2 is 2.00 bits per heavy atom. The van der Waals surface area contributed by atoms with E-state index in [1.807, 2.05) is 0 Å². The second-order valence-corrected chi connectivity index (χ2v) is 3.82. The van der Waals surface area contributed by atoms with Crippen LogP contribution in [-0.2, 0) is 0 Å². The summed E-state index contributed by atoms with van der Waals surface area (Å²) in [6, 6.07) is 3.21. The van der Waals surface area contributed by atoms with Crippen molar-refractivity contribution in [2.45, 2.75) is 0 Å². The number of oxime groups is 1. The number of halogens is 2. The minimum Gasteiger partial charge on any atom is -0.871 e. The fourth-order valence-corrected chi connectivity index (χ4v) is 2.00. The molecular weight excluding hydrogens is 329 g/mol. The van der Waals surface area contributed by atoms with Crippen LogP contribution < -0.4 is 56.5 Å². The first-order valence-electron chi connectivity index (χ1n) is 2.98. The summed E-state index contributed by atoms with van der Waals surface area (Å²) in [5.41, 5.74) is 0.332. The number of nitrogens with zero attached hydrogens (tertiary/aromatic N) is 1. The fraction of sp³-hybridized carbons (Fsp3) is 0. The van der Waals surface area contributed by atoms with Gasteiger partial charge in [-0.25, -0.2) is 0 Å². The summed E-state index contributed by atoms with van der Waals surface area (Å²) in [5, 5.41) is 22.2. The second-order valence-electron chi connectivity index (χ2n) is 2.05. The van der Waals surface area contributed by atoms with Gasteiger partial charge in [0, 0.05) is 8.95 Å². The van der Waals surface area contributed by atoms with Gasteiger partial charge in [-0.15, -0.1) is 0 Å². The van der Waals surface area contributed by atoms with Crippen molar-refractivity contribution in [2.24, 2.45) is 5.16 Å². The van der Waals surface area contributed by atoms with E-state index in [-0.39, 0.29) is 57.1 Å². The van der Waals surface area contributed by atoms with Gasteiger partial charge in [-0.1, -0.05) is 42.8 Å². The van der Waals surface area contributed by atoms with Crippen LogP contribution >= 0.6 is 31.9 Å². The van der Waals surface area contributed by atoms with E-state index in [2.05, 4.69) is 37.0 Å². The quantitative estimate of drug-likeness (QED) is 0.313. The minimum absolute atomic E-state index is 0. The summed E-state index contributed by atoms with van der Waals surface area (Å²) < 4.78 is 1.19. The summed E-state index contributed by atoms with van der Waals surface area (Å²) in [6.07, 6.45) is 1.10. The van der Waals surface area contributed by atoms with Gasteiger partial charge in [-0.05, 0) is 17.7 Å². The molecule has 0 heterocycles. The number of rotatable bonds is 1. The Bertz CT molecular complexity index is 331. The molecule has 0 saturated carbocycles. The van der Waals surface area contributed by atoms with Crippen molar-refractivity contribution in [3.05, 3.63) is 26.6 Å². The van der Waals surface area contributed by atoms with Gasteiger partial charge in [0.2, 0.25) is 0 Å². The van der Waals surface area contributed by atoms with Crippen LogP contribution in [0, 0.1) is 0 Å².